The Kier molecular flexibility index (Phi) is 7.00. The molecule has 0 aliphatic heterocycles. The number of hydrogen-bond donors (Lipinski definition) is 0. The van der Waals surface area contributed by atoms with Gasteiger partial charge in [0, 0.05) is 28.8 Å². The van der Waals surface area contributed by atoms with Gasteiger partial charge in [0.2, 0.25) is 11.4 Å². The number of alkyl halides is 6. The van der Waals surface area contributed by atoms with Crippen molar-refractivity contribution in [3.63, 3.8) is 0 Å². The first-order valence-corrected chi connectivity index (χ1v) is 12.1. The van der Waals surface area contributed by atoms with Crippen LogP contribution in [0.2, 0.25) is 0 Å². The van der Waals surface area contributed by atoms with E-state index in [-0.39, 0.29) is 18.2 Å². The number of rotatable bonds is 5. The monoisotopic (exact) mass is 534 g/mol. The van der Waals surface area contributed by atoms with Crippen LogP contribution in [0.25, 0.3) is 33.6 Å². The van der Waals surface area contributed by atoms with Crippen LogP contribution in [0.3, 0.4) is 0 Å². The summed E-state index contributed by atoms with van der Waals surface area (Å²) in [4.78, 5) is 0. The molecule has 1 heterocycles. The van der Waals surface area contributed by atoms with Crippen molar-refractivity contribution in [2.75, 3.05) is 0 Å². The Morgan fingerprint density at radius 1 is 0.436 bits per heavy atom. The molecular formula is C32H22F6N+. The van der Waals surface area contributed by atoms with Crippen LogP contribution in [-0.2, 0) is 18.9 Å². The number of hydrogen-bond acceptors (Lipinski definition) is 0. The summed E-state index contributed by atoms with van der Waals surface area (Å²) in [6.45, 7) is -0.212. The lowest BCUT2D eigenvalue weighted by Gasteiger charge is -2.16. The van der Waals surface area contributed by atoms with Gasteiger partial charge in [-0.05, 0) is 53.6 Å². The van der Waals surface area contributed by atoms with Crippen LogP contribution in [0.5, 0.6) is 0 Å². The summed E-state index contributed by atoms with van der Waals surface area (Å²) in [7, 11) is 0. The molecule has 0 amide bonds. The van der Waals surface area contributed by atoms with Crippen molar-refractivity contribution in [1.82, 2.24) is 0 Å². The second-order valence-corrected chi connectivity index (χ2v) is 9.11. The van der Waals surface area contributed by atoms with Gasteiger partial charge in [0.05, 0.1) is 11.1 Å². The van der Waals surface area contributed by atoms with Gasteiger partial charge in [0.1, 0.15) is 0 Å². The van der Waals surface area contributed by atoms with Crippen molar-refractivity contribution < 1.29 is 30.9 Å². The molecule has 5 aromatic rings. The van der Waals surface area contributed by atoms with Gasteiger partial charge in [-0.2, -0.15) is 30.9 Å². The number of aromatic nitrogens is 1. The van der Waals surface area contributed by atoms with Crippen LogP contribution in [-0.4, -0.2) is 0 Å². The summed E-state index contributed by atoms with van der Waals surface area (Å²) in [5.41, 5.74) is 1.87. The Labute approximate surface area is 221 Å². The lowest BCUT2D eigenvalue weighted by atomic mass is 9.98. The van der Waals surface area contributed by atoms with E-state index < -0.39 is 23.5 Å². The predicted molar refractivity (Wildman–Crippen MR) is 138 cm³/mol. The quantitative estimate of drug-likeness (QED) is 0.156. The second-order valence-electron chi connectivity index (χ2n) is 9.11. The van der Waals surface area contributed by atoms with Gasteiger partial charge in [-0.1, -0.05) is 66.7 Å². The van der Waals surface area contributed by atoms with E-state index in [0.29, 0.717) is 11.4 Å². The van der Waals surface area contributed by atoms with Crippen molar-refractivity contribution in [1.29, 1.82) is 0 Å². The minimum atomic E-state index is -4.93. The molecule has 5 rings (SSSR count). The van der Waals surface area contributed by atoms with Gasteiger partial charge in [0.15, 0.2) is 6.54 Å². The number of benzene rings is 4. The molecule has 0 aliphatic rings. The molecule has 0 fully saturated rings. The van der Waals surface area contributed by atoms with Crippen LogP contribution >= 0.6 is 0 Å². The normalized spacial score (nSPS) is 11.9. The fourth-order valence-corrected chi connectivity index (χ4v) is 4.58. The molecule has 0 saturated heterocycles. The molecule has 1 aromatic heterocycles. The summed E-state index contributed by atoms with van der Waals surface area (Å²) in [6.07, 6.45) is -9.86. The van der Waals surface area contributed by atoms with E-state index in [4.69, 9.17) is 0 Å². The third-order valence-corrected chi connectivity index (χ3v) is 6.40. The molecule has 7 heteroatoms. The van der Waals surface area contributed by atoms with Gasteiger partial charge in [-0.15, -0.1) is 0 Å². The Balaban J connectivity index is 1.79. The summed E-state index contributed by atoms with van der Waals surface area (Å²) in [6, 6.07) is 33.7. The SMILES string of the molecule is FC(F)(F)c1cc(C[n+]2c(-c3ccccc3)cc(-c3ccccc3)cc2-c2ccccc2)cc(C(F)(F)F)c1. The van der Waals surface area contributed by atoms with E-state index in [1.807, 2.05) is 103 Å². The molecule has 0 aliphatic carbocycles. The van der Waals surface area contributed by atoms with E-state index in [9.17, 15) is 26.3 Å². The molecule has 0 atom stereocenters. The highest BCUT2D eigenvalue weighted by atomic mass is 19.4. The van der Waals surface area contributed by atoms with Gasteiger partial charge in [-0.25, -0.2) is 0 Å². The molecular weight excluding hydrogens is 512 g/mol. The first kappa shape index (κ1) is 26.2. The van der Waals surface area contributed by atoms with Gasteiger partial charge in [0.25, 0.3) is 0 Å². The third kappa shape index (κ3) is 5.87. The first-order chi connectivity index (χ1) is 18.6. The van der Waals surface area contributed by atoms with Crippen LogP contribution in [0.15, 0.2) is 121 Å². The molecule has 0 N–H and O–H groups in total. The van der Waals surface area contributed by atoms with Gasteiger partial charge >= 0.3 is 12.4 Å². The average molecular weight is 535 g/mol. The van der Waals surface area contributed by atoms with Crippen LogP contribution in [0, 0.1) is 0 Å². The van der Waals surface area contributed by atoms with Crippen molar-refractivity contribution in [3.8, 4) is 33.6 Å². The summed E-state index contributed by atoms with van der Waals surface area (Å²) in [5, 5.41) is 0. The first-order valence-electron chi connectivity index (χ1n) is 12.1. The van der Waals surface area contributed by atoms with E-state index in [1.54, 1.807) is 4.57 Å². The summed E-state index contributed by atoms with van der Waals surface area (Å²) in [5.74, 6) is 0. The Bertz CT molecular complexity index is 1480. The van der Waals surface area contributed by atoms with Crippen LogP contribution in [0.4, 0.5) is 26.3 Å². The smallest absolute Gasteiger partial charge is 0.187 e. The summed E-state index contributed by atoms with van der Waals surface area (Å²) >= 11 is 0. The minimum absolute atomic E-state index is 0.107. The molecule has 39 heavy (non-hydrogen) atoms. The van der Waals surface area contributed by atoms with E-state index >= 15 is 0 Å². The zero-order chi connectivity index (χ0) is 27.6. The largest absolute Gasteiger partial charge is 0.416 e. The molecule has 0 radical (unpaired) electrons. The molecule has 196 valence electrons. The van der Waals surface area contributed by atoms with Crippen molar-refractivity contribution >= 4 is 0 Å². The van der Waals surface area contributed by atoms with Gasteiger partial charge in [-0.3, -0.25) is 0 Å². The van der Waals surface area contributed by atoms with E-state index in [2.05, 4.69) is 0 Å². The maximum absolute atomic E-state index is 13.6. The van der Waals surface area contributed by atoms with Crippen molar-refractivity contribution in [2.45, 2.75) is 18.9 Å². The zero-order valence-corrected chi connectivity index (χ0v) is 20.5. The molecule has 1 nitrogen and oxygen atoms in total. The number of nitrogens with zero attached hydrogens (tertiary/aromatic N) is 1. The van der Waals surface area contributed by atoms with Crippen LogP contribution < -0.4 is 4.57 Å². The predicted octanol–water partition coefficient (Wildman–Crippen LogP) is 9.06. The maximum Gasteiger partial charge on any atom is 0.416 e. The van der Waals surface area contributed by atoms with Crippen LogP contribution in [0.1, 0.15) is 16.7 Å². The number of pyridine rings is 1. The molecule has 0 unspecified atom stereocenters. The lowest BCUT2D eigenvalue weighted by Crippen LogP contribution is -2.40. The third-order valence-electron chi connectivity index (χ3n) is 6.40. The van der Waals surface area contributed by atoms with Crippen molar-refractivity contribution in [2.24, 2.45) is 0 Å². The fraction of sp³-hybridized carbons (Fsp3) is 0.0938. The Morgan fingerprint density at radius 2 is 0.821 bits per heavy atom. The second kappa shape index (κ2) is 10.4. The summed E-state index contributed by atoms with van der Waals surface area (Å²) < 4.78 is 83.5. The molecule has 0 spiro atoms. The number of halogens is 6. The highest BCUT2D eigenvalue weighted by Crippen LogP contribution is 2.37. The topological polar surface area (TPSA) is 3.88 Å². The standard InChI is InChI=1S/C32H22F6N/c33-31(34,35)27-16-22(17-28(20-27)32(36,37)38)21-39-29(24-12-6-2-7-13-24)18-26(23-10-4-1-5-11-23)19-30(39)25-14-8-3-9-15-25/h1-20H,21H2/q+1. The molecule has 0 bridgehead atoms. The van der Waals surface area contributed by atoms with E-state index in [1.165, 1.54) is 0 Å². The fourth-order valence-electron chi connectivity index (χ4n) is 4.58. The van der Waals surface area contributed by atoms with Gasteiger partial charge < -0.3 is 0 Å². The molecule has 4 aromatic carbocycles. The molecule has 0 saturated carbocycles. The van der Waals surface area contributed by atoms with E-state index in [0.717, 1.165) is 34.4 Å². The maximum atomic E-state index is 13.6. The minimum Gasteiger partial charge on any atom is -0.187 e. The Hall–Kier alpha value is -4.39. The Morgan fingerprint density at radius 3 is 1.21 bits per heavy atom. The highest BCUT2D eigenvalue weighted by molar-refractivity contribution is 5.73. The zero-order valence-electron chi connectivity index (χ0n) is 20.5. The average Bonchev–Trinajstić information content (AvgIpc) is 2.93. The highest BCUT2D eigenvalue weighted by Gasteiger charge is 2.37. The lowest BCUT2D eigenvalue weighted by molar-refractivity contribution is -0.666. The van der Waals surface area contributed by atoms with Crippen molar-refractivity contribution in [3.05, 3.63) is 138 Å².